The fourth-order valence-electron chi connectivity index (χ4n) is 1.01. The Balaban J connectivity index is 0. The van der Waals surface area contributed by atoms with Crippen molar-refractivity contribution < 1.29 is 14.6 Å². The van der Waals surface area contributed by atoms with Crippen molar-refractivity contribution in [3.05, 3.63) is 0 Å². The van der Waals surface area contributed by atoms with Gasteiger partial charge in [0.1, 0.15) is 0 Å². The molecule has 0 spiro atoms. The van der Waals surface area contributed by atoms with Crippen molar-refractivity contribution in [2.24, 2.45) is 0 Å². The molecule has 0 saturated carbocycles. The highest BCUT2D eigenvalue weighted by Gasteiger charge is 1.88. The average molecular weight is 232 g/mol. The van der Waals surface area contributed by atoms with Gasteiger partial charge in [-0.3, -0.25) is 4.79 Å². The van der Waals surface area contributed by atoms with Crippen LogP contribution in [0.2, 0.25) is 0 Å². The molecule has 98 valence electrons. The maximum Gasteiger partial charge on any atom is 0.303 e. The Kier molecular flexibility index (Phi) is 18.8. The van der Waals surface area contributed by atoms with Crippen molar-refractivity contribution >= 4 is 5.97 Å². The van der Waals surface area contributed by atoms with E-state index in [0.717, 1.165) is 13.2 Å². The van der Waals surface area contributed by atoms with Crippen LogP contribution in [0.25, 0.3) is 0 Å². The molecule has 0 radical (unpaired) electrons. The Bertz CT molecular complexity index is 127. The van der Waals surface area contributed by atoms with Crippen LogP contribution in [0.5, 0.6) is 0 Å². The average Bonchev–Trinajstić information content (AvgIpc) is 2.29. The van der Waals surface area contributed by atoms with E-state index in [-0.39, 0.29) is 6.42 Å². The van der Waals surface area contributed by atoms with E-state index in [4.69, 9.17) is 9.84 Å². The molecule has 0 fully saturated rings. The summed E-state index contributed by atoms with van der Waals surface area (Å²) >= 11 is 0. The van der Waals surface area contributed by atoms with E-state index in [0.29, 0.717) is 0 Å². The van der Waals surface area contributed by atoms with Crippen molar-refractivity contribution in [3.8, 4) is 0 Å². The van der Waals surface area contributed by atoms with E-state index < -0.39 is 5.97 Å². The maximum atomic E-state index is 9.37. The van der Waals surface area contributed by atoms with Gasteiger partial charge in [0.05, 0.1) is 0 Å². The number of carbonyl (C=O) groups is 1. The van der Waals surface area contributed by atoms with Gasteiger partial charge in [-0.25, -0.2) is 0 Å². The van der Waals surface area contributed by atoms with Crippen molar-refractivity contribution in [1.82, 2.24) is 0 Å². The lowest BCUT2D eigenvalue weighted by molar-refractivity contribution is -0.136. The molecule has 0 amide bonds. The molecule has 0 aliphatic carbocycles. The van der Waals surface area contributed by atoms with E-state index >= 15 is 0 Å². The number of unbranched alkanes of at least 4 members (excludes halogenated alkanes) is 4. The van der Waals surface area contributed by atoms with E-state index in [9.17, 15) is 4.79 Å². The van der Waals surface area contributed by atoms with Crippen LogP contribution >= 0.6 is 0 Å². The van der Waals surface area contributed by atoms with Gasteiger partial charge in [0.15, 0.2) is 0 Å². The zero-order chi connectivity index (χ0) is 12.6. The van der Waals surface area contributed by atoms with Crippen LogP contribution in [0.3, 0.4) is 0 Å². The van der Waals surface area contributed by atoms with Gasteiger partial charge < -0.3 is 9.84 Å². The summed E-state index contributed by atoms with van der Waals surface area (Å²) in [5.41, 5.74) is 0. The summed E-state index contributed by atoms with van der Waals surface area (Å²) < 4.78 is 5.44. The maximum absolute atomic E-state index is 9.37. The van der Waals surface area contributed by atoms with Crippen LogP contribution in [0.1, 0.15) is 65.7 Å². The normalized spacial score (nSPS) is 9.44. The Labute approximate surface area is 100 Å². The summed E-state index contributed by atoms with van der Waals surface area (Å²) in [7, 11) is 0. The Hall–Kier alpha value is -0.570. The molecule has 1 N–H and O–H groups in total. The zero-order valence-electron chi connectivity index (χ0n) is 11.1. The van der Waals surface area contributed by atoms with E-state index in [2.05, 4.69) is 13.8 Å². The van der Waals surface area contributed by atoms with E-state index in [1.54, 1.807) is 6.92 Å². The summed E-state index contributed by atoms with van der Waals surface area (Å²) in [6.45, 7) is 7.98. The van der Waals surface area contributed by atoms with Crippen LogP contribution in [-0.2, 0) is 9.53 Å². The number of carboxylic acid groups (broad SMARTS) is 1. The zero-order valence-corrected chi connectivity index (χ0v) is 11.1. The topological polar surface area (TPSA) is 46.5 Å². The van der Waals surface area contributed by atoms with Crippen molar-refractivity contribution in [2.75, 3.05) is 13.2 Å². The number of hydrogen-bond donors (Lipinski definition) is 1. The first-order valence-electron chi connectivity index (χ1n) is 6.48. The second-order valence-corrected chi connectivity index (χ2v) is 3.77. The molecule has 0 heterocycles. The number of hydrogen-bond acceptors (Lipinski definition) is 2. The molecule has 0 saturated heterocycles. The summed E-state index contributed by atoms with van der Waals surface area (Å²) in [4.78, 5) is 9.37. The second-order valence-electron chi connectivity index (χ2n) is 3.77. The third-order valence-electron chi connectivity index (χ3n) is 2.09. The Morgan fingerprint density at radius 3 is 1.56 bits per heavy atom. The van der Waals surface area contributed by atoms with Gasteiger partial charge in [0.25, 0.3) is 0 Å². The van der Waals surface area contributed by atoms with Gasteiger partial charge in [-0.1, -0.05) is 46.5 Å². The van der Waals surface area contributed by atoms with Crippen LogP contribution in [-0.4, -0.2) is 24.3 Å². The summed E-state index contributed by atoms with van der Waals surface area (Å²) in [5.74, 6) is -0.745. The predicted octanol–water partition coefficient (Wildman–Crippen LogP) is 3.86. The lowest BCUT2D eigenvalue weighted by atomic mass is 10.2. The fourth-order valence-corrected chi connectivity index (χ4v) is 1.01. The fraction of sp³-hybridized carbons (Fsp3) is 0.923. The molecule has 0 rings (SSSR count). The molecule has 0 atom stereocenters. The highest BCUT2D eigenvalue weighted by molar-refractivity contribution is 5.66. The molecule has 0 aliphatic heterocycles. The number of aliphatic carboxylic acids is 1. The standard InChI is InChI=1S/C10H22O.C3H6O2/c1-3-5-7-9-11-10-8-6-4-2;1-2-3(4)5/h3-10H2,1-2H3;2H2,1H3,(H,4,5). The van der Waals surface area contributed by atoms with Crippen molar-refractivity contribution in [1.29, 1.82) is 0 Å². The number of rotatable bonds is 9. The van der Waals surface area contributed by atoms with Gasteiger partial charge in [-0.2, -0.15) is 0 Å². The van der Waals surface area contributed by atoms with Gasteiger partial charge in [0, 0.05) is 19.6 Å². The molecule has 0 aromatic rings. The molecule has 0 unspecified atom stereocenters. The highest BCUT2D eigenvalue weighted by atomic mass is 16.5. The first-order valence-corrected chi connectivity index (χ1v) is 6.48. The minimum atomic E-state index is -0.745. The smallest absolute Gasteiger partial charge is 0.303 e. The minimum Gasteiger partial charge on any atom is -0.481 e. The van der Waals surface area contributed by atoms with Crippen molar-refractivity contribution in [2.45, 2.75) is 65.7 Å². The monoisotopic (exact) mass is 232 g/mol. The lowest BCUT2D eigenvalue weighted by Gasteiger charge is -2.01. The van der Waals surface area contributed by atoms with Gasteiger partial charge >= 0.3 is 5.97 Å². The molecular weight excluding hydrogens is 204 g/mol. The SMILES string of the molecule is CCC(=O)O.CCCCCOCCCCC. The van der Waals surface area contributed by atoms with E-state index in [1.165, 1.54) is 38.5 Å². The van der Waals surface area contributed by atoms with Crippen LogP contribution in [0.15, 0.2) is 0 Å². The molecule has 3 heteroatoms. The first-order chi connectivity index (χ1) is 7.68. The van der Waals surface area contributed by atoms with Gasteiger partial charge in [-0.15, -0.1) is 0 Å². The van der Waals surface area contributed by atoms with Gasteiger partial charge in [-0.05, 0) is 12.8 Å². The molecule has 0 aromatic carbocycles. The summed E-state index contributed by atoms with van der Waals surface area (Å²) in [6.07, 6.45) is 7.91. The molecular formula is C13H28O3. The van der Waals surface area contributed by atoms with Crippen LogP contribution in [0.4, 0.5) is 0 Å². The largest absolute Gasteiger partial charge is 0.481 e. The molecule has 3 nitrogen and oxygen atoms in total. The molecule has 0 aliphatic rings. The quantitative estimate of drug-likeness (QED) is 0.614. The second kappa shape index (κ2) is 16.8. The number of carboxylic acids is 1. The molecule has 0 bridgehead atoms. The Morgan fingerprint density at radius 1 is 0.938 bits per heavy atom. The lowest BCUT2D eigenvalue weighted by Crippen LogP contribution is -1.96. The predicted molar refractivity (Wildman–Crippen MR) is 67.8 cm³/mol. The van der Waals surface area contributed by atoms with Crippen LogP contribution < -0.4 is 0 Å². The van der Waals surface area contributed by atoms with E-state index in [1.807, 2.05) is 0 Å². The van der Waals surface area contributed by atoms with Crippen molar-refractivity contribution in [3.63, 3.8) is 0 Å². The van der Waals surface area contributed by atoms with Gasteiger partial charge in [0.2, 0.25) is 0 Å². The van der Waals surface area contributed by atoms with Crippen LogP contribution in [0, 0.1) is 0 Å². The summed E-state index contributed by atoms with van der Waals surface area (Å²) in [5, 5.41) is 7.72. The third kappa shape index (κ3) is 23.3. The number of ether oxygens (including phenoxy) is 1. The Morgan fingerprint density at radius 2 is 1.31 bits per heavy atom. The minimum absolute atomic E-state index is 0.222. The summed E-state index contributed by atoms with van der Waals surface area (Å²) in [6, 6.07) is 0. The molecule has 16 heavy (non-hydrogen) atoms. The molecule has 0 aromatic heterocycles. The highest BCUT2D eigenvalue weighted by Crippen LogP contribution is 1.97. The third-order valence-corrected chi connectivity index (χ3v) is 2.09. The first kappa shape index (κ1) is 17.8.